The van der Waals surface area contributed by atoms with Gasteiger partial charge in [0.15, 0.2) is 0 Å². The van der Waals surface area contributed by atoms with Crippen LogP contribution in [0.2, 0.25) is 0 Å². The van der Waals surface area contributed by atoms with Gasteiger partial charge in [0, 0.05) is 4.47 Å². The van der Waals surface area contributed by atoms with E-state index in [1.54, 1.807) is 0 Å². The highest BCUT2D eigenvalue weighted by Gasteiger charge is 2.04. The van der Waals surface area contributed by atoms with Gasteiger partial charge in [-0.3, -0.25) is 4.98 Å². The molecule has 0 fully saturated rings. The highest BCUT2D eigenvalue weighted by molar-refractivity contribution is 9.11. The normalized spacial score (nSPS) is 10.1. The van der Waals surface area contributed by atoms with Gasteiger partial charge in [0.1, 0.15) is 11.6 Å². The van der Waals surface area contributed by atoms with Crippen molar-refractivity contribution in [2.45, 2.75) is 0 Å². The van der Waals surface area contributed by atoms with E-state index in [-0.39, 0.29) is 0 Å². The number of rotatable bonds is 2. The first-order valence-corrected chi connectivity index (χ1v) is 5.94. The molecule has 82 valence electrons. The summed E-state index contributed by atoms with van der Waals surface area (Å²) >= 11 is 6.75. The maximum atomic E-state index is 5.52. The lowest BCUT2D eigenvalue weighted by molar-refractivity contribution is 0.458. The van der Waals surface area contributed by atoms with Gasteiger partial charge < -0.3 is 10.5 Å². The molecule has 2 rings (SSSR count). The third-order valence-corrected chi connectivity index (χ3v) is 2.85. The van der Waals surface area contributed by atoms with Gasteiger partial charge in [-0.05, 0) is 34.1 Å². The molecule has 2 aromatic rings. The van der Waals surface area contributed by atoms with E-state index in [1.165, 1.54) is 12.4 Å². The van der Waals surface area contributed by atoms with Crippen molar-refractivity contribution in [2.24, 2.45) is 0 Å². The smallest absolute Gasteiger partial charge is 0.239 e. The molecule has 0 spiro atoms. The van der Waals surface area contributed by atoms with E-state index in [0.29, 0.717) is 17.4 Å². The first-order chi connectivity index (χ1) is 7.65. The van der Waals surface area contributed by atoms with Crippen LogP contribution in [-0.4, -0.2) is 9.97 Å². The van der Waals surface area contributed by atoms with Crippen LogP contribution in [0.1, 0.15) is 0 Å². The van der Waals surface area contributed by atoms with Crippen LogP contribution in [-0.2, 0) is 0 Å². The van der Waals surface area contributed by atoms with Crippen LogP contribution in [0.25, 0.3) is 0 Å². The summed E-state index contributed by atoms with van der Waals surface area (Å²) in [7, 11) is 0. The third-order valence-electron chi connectivity index (χ3n) is 1.74. The fourth-order valence-electron chi connectivity index (χ4n) is 1.08. The van der Waals surface area contributed by atoms with E-state index in [2.05, 4.69) is 41.8 Å². The number of nitrogen functional groups attached to an aromatic ring is 1. The topological polar surface area (TPSA) is 61.0 Å². The Kier molecular flexibility index (Phi) is 3.40. The largest absolute Gasteiger partial charge is 0.436 e. The molecule has 0 radical (unpaired) electrons. The third kappa shape index (κ3) is 2.70. The highest BCUT2D eigenvalue weighted by atomic mass is 79.9. The first kappa shape index (κ1) is 11.3. The van der Waals surface area contributed by atoms with Crippen LogP contribution < -0.4 is 10.5 Å². The minimum atomic E-state index is 0.325. The number of halogens is 2. The second-order valence-electron chi connectivity index (χ2n) is 2.96. The number of benzene rings is 1. The second kappa shape index (κ2) is 4.80. The molecule has 6 heteroatoms. The second-order valence-corrected chi connectivity index (χ2v) is 4.73. The van der Waals surface area contributed by atoms with Gasteiger partial charge in [0.25, 0.3) is 0 Å². The monoisotopic (exact) mass is 343 g/mol. The minimum Gasteiger partial charge on any atom is -0.436 e. The van der Waals surface area contributed by atoms with Gasteiger partial charge in [0.2, 0.25) is 5.88 Å². The van der Waals surface area contributed by atoms with Crippen molar-refractivity contribution in [3.63, 3.8) is 0 Å². The van der Waals surface area contributed by atoms with Crippen molar-refractivity contribution >= 4 is 37.7 Å². The van der Waals surface area contributed by atoms with Crippen LogP contribution >= 0.6 is 31.9 Å². The molecule has 1 aromatic carbocycles. The molecule has 4 nitrogen and oxygen atoms in total. The summed E-state index contributed by atoms with van der Waals surface area (Å²) in [5, 5.41) is 0. The lowest BCUT2D eigenvalue weighted by Gasteiger charge is -2.06. The van der Waals surface area contributed by atoms with E-state index in [4.69, 9.17) is 10.5 Å². The quantitative estimate of drug-likeness (QED) is 0.907. The average Bonchev–Trinajstić information content (AvgIpc) is 2.22. The lowest BCUT2D eigenvalue weighted by Crippen LogP contribution is -1.95. The summed E-state index contributed by atoms with van der Waals surface area (Å²) < 4.78 is 7.31. The molecule has 0 aliphatic rings. The standard InChI is InChI=1S/C10H7Br2N3O/c11-6-1-2-8(7(12)3-6)16-10-5-14-4-9(13)15-10/h1-5H,(H2,13,15). The fraction of sp³-hybridized carbons (Fsp3) is 0. The molecule has 1 heterocycles. The summed E-state index contributed by atoms with van der Waals surface area (Å²) in [5.41, 5.74) is 5.50. The summed E-state index contributed by atoms with van der Waals surface area (Å²) in [5.74, 6) is 1.34. The van der Waals surface area contributed by atoms with E-state index >= 15 is 0 Å². The Bertz CT molecular complexity index is 519. The number of hydrogen-bond donors (Lipinski definition) is 1. The van der Waals surface area contributed by atoms with E-state index < -0.39 is 0 Å². The average molecular weight is 345 g/mol. The SMILES string of the molecule is Nc1cncc(Oc2ccc(Br)cc2Br)n1. The van der Waals surface area contributed by atoms with Gasteiger partial charge in [-0.25, -0.2) is 0 Å². The van der Waals surface area contributed by atoms with Crippen LogP contribution in [0.3, 0.4) is 0 Å². The van der Waals surface area contributed by atoms with Crippen molar-refractivity contribution in [1.82, 2.24) is 9.97 Å². The van der Waals surface area contributed by atoms with Gasteiger partial charge in [-0.1, -0.05) is 15.9 Å². The van der Waals surface area contributed by atoms with Gasteiger partial charge >= 0.3 is 0 Å². The Morgan fingerprint density at radius 1 is 1.19 bits per heavy atom. The number of anilines is 1. The fourth-order valence-corrected chi connectivity index (χ4v) is 2.21. The predicted octanol–water partition coefficient (Wildman–Crippen LogP) is 3.38. The Hall–Kier alpha value is -1.14. The van der Waals surface area contributed by atoms with Crippen LogP contribution in [0.5, 0.6) is 11.6 Å². The Balaban J connectivity index is 2.27. The zero-order valence-corrected chi connectivity index (χ0v) is 11.2. The number of ether oxygens (including phenoxy) is 1. The number of hydrogen-bond acceptors (Lipinski definition) is 4. The van der Waals surface area contributed by atoms with Gasteiger partial charge in [0.05, 0.1) is 16.9 Å². The molecule has 0 amide bonds. The molecular formula is C10H7Br2N3O. The predicted molar refractivity (Wildman–Crippen MR) is 68.4 cm³/mol. The lowest BCUT2D eigenvalue weighted by atomic mass is 10.3. The molecule has 2 N–H and O–H groups in total. The van der Waals surface area contributed by atoms with Gasteiger partial charge in [-0.2, -0.15) is 4.98 Å². The number of nitrogens with two attached hydrogens (primary N) is 1. The molecule has 0 atom stereocenters. The van der Waals surface area contributed by atoms with Crippen molar-refractivity contribution in [3.05, 3.63) is 39.5 Å². The van der Waals surface area contributed by atoms with E-state index in [0.717, 1.165) is 8.95 Å². The first-order valence-electron chi connectivity index (χ1n) is 4.35. The zero-order valence-electron chi connectivity index (χ0n) is 8.02. The van der Waals surface area contributed by atoms with Crippen molar-refractivity contribution in [3.8, 4) is 11.6 Å². The summed E-state index contributed by atoms with van der Waals surface area (Å²) in [4.78, 5) is 7.88. The molecule has 1 aromatic heterocycles. The molecule has 0 unspecified atom stereocenters. The van der Waals surface area contributed by atoms with E-state index in [1.807, 2.05) is 18.2 Å². The van der Waals surface area contributed by atoms with Crippen molar-refractivity contribution < 1.29 is 4.74 Å². The van der Waals surface area contributed by atoms with Crippen molar-refractivity contribution in [1.29, 1.82) is 0 Å². The van der Waals surface area contributed by atoms with Crippen molar-refractivity contribution in [2.75, 3.05) is 5.73 Å². The molecule has 0 saturated heterocycles. The molecule has 0 saturated carbocycles. The highest BCUT2D eigenvalue weighted by Crippen LogP contribution is 2.31. The molecule has 16 heavy (non-hydrogen) atoms. The minimum absolute atomic E-state index is 0.325. The van der Waals surface area contributed by atoms with Crippen LogP contribution in [0.4, 0.5) is 5.82 Å². The summed E-state index contributed by atoms with van der Waals surface area (Å²) in [6.07, 6.45) is 2.97. The molecular weight excluding hydrogens is 338 g/mol. The maximum absolute atomic E-state index is 5.52. The summed E-state index contributed by atoms with van der Waals surface area (Å²) in [6.45, 7) is 0. The Morgan fingerprint density at radius 3 is 2.69 bits per heavy atom. The zero-order chi connectivity index (χ0) is 11.5. The van der Waals surface area contributed by atoms with Gasteiger partial charge in [-0.15, -0.1) is 0 Å². The summed E-state index contributed by atoms with van der Waals surface area (Å²) in [6, 6.07) is 5.58. The Morgan fingerprint density at radius 2 is 2.00 bits per heavy atom. The van der Waals surface area contributed by atoms with Crippen LogP contribution in [0.15, 0.2) is 39.5 Å². The molecule has 0 bridgehead atoms. The van der Waals surface area contributed by atoms with Crippen LogP contribution in [0, 0.1) is 0 Å². The molecule has 0 aliphatic heterocycles. The Labute approximate surface area is 109 Å². The number of aromatic nitrogens is 2. The molecule has 0 aliphatic carbocycles. The maximum Gasteiger partial charge on any atom is 0.239 e. The number of nitrogens with zero attached hydrogens (tertiary/aromatic N) is 2. The van der Waals surface area contributed by atoms with E-state index in [9.17, 15) is 0 Å².